The zero-order valence-electron chi connectivity index (χ0n) is 20.2. The number of carbonyl (C=O) groups is 2. The maximum Gasteiger partial charge on any atom is 0.259 e. The second kappa shape index (κ2) is 11.1. The van der Waals surface area contributed by atoms with E-state index in [4.69, 9.17) is 14.2 Å². The van der Waals surface area contributed by atoms with E-state index in [0.717, 1.165) is 5.56 Å². The van der Waals surface area contributed by atoms with Gasteiger partial charge in [-0.3, -0.25) is 14.5 Å². The molecular weight excluding hydrogens is 444 g/mol. The molecule has 0 aromatic heterocycles. The van der Waals surface area contributed by atoms with Gasteiger partial charge in [-0.2, -0.15) is 0 Å². The van der Waals surface area contributed by atoms with Crippen molar-refractivity contribution < 1.29 is 23.8 Å². The summed E-state index contributed by atoms with van der Waals surface area (Å²) in [7, 11) is 4.84. The van der Waals surface area contributed by atoms with E-state index in [1.165, 1.54) is 0 Å². The first-order valence-electron chi connectivity index (χ1n) is 11.6. The van der Waals surface area contributed by atoms with Crippen molar-refractivity contribution in [2.45, 2.75) is 18.4 Å². The molecule has 0 spiro atoms. The minimum absolute atomic E-state index is 0.139. The Hall–Kier alpha value is -3.84. The van der Waals surface area contributed by atoms with Gasteiger partial charge in [0, 0.05) is 31.5 Å². The molecular formula is C28H30N2O5. The summed E-state index contributed by atoms with van der Waals surface area (Å²) in [5, 5.41) is 3.05. The van der Waals surface area contributed by atoms with Gasteiger partial charge in [-0.05, 0) is 60.0 Å². The van der Waals surface area contributed by atoms with E-state index < -0.39 is 12.0 Å². The zero-order chi connectivity index (χ0) is 24.8. The van der Waals surface area contributed by atoms with Gasteiger partial charge in [-0.25, -0.2) is 0 Å². The predicted molar refractivity (Wildman–Crippen MR) is 134 cm³/mol. The van der Waals surface area contributed by atoms with E-state index in [9.17, 15) is 9.59 Å². The molecule has 2 amide bonds. The van der Waals surface area contributed by atoms with Gasteiger partial charge in [0.1, 0.15) is 11.5 Å². The van der Waals surface area contributed by atoms with Crippen LogP contribution in [0.2, 0.25) is 0 Å². The fraction of sp³-hybridized carbons (Fsp3) is 0.286. The second-order valence-corrected chi connectivity index (χ2v) is 8.29. The normalized spacial score (nSPS) is 17.0. The summed E-state index contributed by atoms with van der Waals surface area (Å²) in [4.78, 5) is 29.3. The Labute approximate surface area is 205 Å². The fourth-order valence-electron chi connectivity index (χ4n) is 4.52. The molecule has 7 nitrogen and oxygen atoms in total. The minimum Gasteiger partial charge on any atom is -0.497 e. The average Bonchev–Trinajstić information content (AvgIpc) is 2.91. The number of hydrogen-bond donors (Lipinski definition) is 1. The molecule has 1 heterocycles. The Morgan fingerprint density at radius 1 is 0.886 bits per heavy atom. The van der Waals surface area contributed by atoms with E-state index in [0.29, 0.717) is 47.9 Å². The van der Waals surface area contributed by atoms with Crippen LogP contribution in [0.1, 0.15) is 39.9 Å². The third-order valence-electron chi connectivity index (χ3n) is 6.25. The molecule has 1 N–H and O–H groups in total. The number of nitrogens with zero attached hydrogens (tertiary/aromatic N) is 1. The summed E-state index contributed by atoms with van der Waals surface area (Å²) in [5.74, 6) is 0.484. The number of ether oxygens (including phenoxy) is 3. The lowest BCUT2D eigenvalue weighted by atomic mass is 9.78. The Balaban J connectivity index is 1.84. The van der Waals surface area contributed by atoms with Crippen molar-refractivity contribution in [3.8, 4) is 11.5 Å². The van der Waals surface area contributed by atoms with Gasteiger partial charge in [0.2, 0.25) is 5.91 Å². The van der Waals surface area contributed by atoms with Gasteiger partial charge in [0.15, 0.2) is 0 Å². The molecule has 182 valence electrons. The molecule has 0 aliphatic carbocycles. The SMILES string of the molecule is COCCCNC(=O)[C@@H]1c2ccccc2C(=O)N(c2ccc(OC)cc2)[C@@H]1c1ccc(OC)cc1. The van der Waals surface area contributed by atoms with Gasteiger partial charge in [0.05, 0.1) is 26.2 Å². The summed E-state index contributed by atoms with van der Waals surface area (Å²) in [6.45, 7) is 1.04. The highest BCUT2D eigenvalue weighted by Crippen LogP contribution is 2.45. The van der Waals surface area contributed by atoms with Crippen LogP contribution in [0.5, 0.6) is 11.5 Å². The molecule has 2 atom stereocenters. The molecule has 1 aliphatic heterocycles. The maximum absolute atomic E-state index is 13.9. The first-order chi connectivity index (χ1) is 17.1. The molecule has 0 saturated heterocycles. The lowest BCUT2D eigenvalue weighted by molar-refractivity contribution is -0.123. The number of carbonyl (C=O) groups excluding carboxylic acids is 2. The summed E-state index contributed by atoms with van der Waals surface area (Å²) < 4.78 is 15.8. The van der Waals surface area contributed by atoms with Crippen molar-refractivity contribution in [2.75, 3.05) is 39.4 Å². The molecule has 3 aromatic rings. The van der Waals surface area contributed by atoms with Crippen LogP contribution in [-0.4, -0.2) is 46.3 Å². The quantitative estimate of drug-likeness (QED) is 0.467. The van der Waals surface area contributed by atoms with Crippen molar-refractivity contribution in [3.63, 3.8) is 0 Å². The number of nitrogens with one attached hydrogen (secondary N) is 1. The van der Waals surface area contributed by atoms with Crippen molar-refractivity contribution in [2.24, 2.45) is 0 Å². The Morgan fingerprint density at radius 3 is 2.14 bits per heavy atom. The molecule has 0 unspecified atom stereocenters. The van der Waals surface area contributed by atoms with Crippen LogP contribution in [-0.2, 0) is 9.53 Å². The highest BCUT2D eigenvalue weighted by molar-refractivity contribution is 6.11. The van der Waals surface area contributed by atoms with E-state index >= 15 is 0 Å². The van der Waals surface area contributed by atoms with Gasteiger partial charge >= 0.3 is 0 Å². The first kappa shape index (κ1) is 24.3. The smallest absolute Gasteiger partial charge is 0.259 e. The zero-order valence-corrected chi connectivity index (χ0v) is 20.2. The lowest BCUT2D eigenvalue weighted by Crippen LogP contribution is -2.47. The second-order valence-electron chi connectivity index (χ2n) is 8.29. The number of anilines is 1. The van der Waals surface area contributed by atoms with Crippen LogP contribution in [0.25, 0.3) is 0 Å². The van der Waals surface area contributed by atoms with Gasteiger partial charge in [0.25, 0.3) is 5.91 Å². The van der Waals surface area contributed by atoms with Gasteiger partial charge in [-0.15, -0.1) is 0 Å². The van der Waals surface area contributed by atoms with Crippen molar-refractivity contribution in [1.82, 2.24) is 5.32 Å². The molecule has 0 saturated carbocycles. The Kier molecular flexibility index (Phi) is 7.67. The largest absolute Gasteiger partial charge is 0.497 e. The topological polar surface area (TPSA) is 77.1 Å². The monoisotopic (exact) mass is 474 g/mol. The Bertz CT molecular complexity index is 1160. The molecule has 0 fully saturated rings. The third kappa shape index (κ3) is 5.00. The van der Waals surface area contributed by atoms with Crippen molar-refractivity contribution >= 4 is 17.5 Å². The summed E-state index contributed by atoms with van der Waals surface area (Å²) in [6, 6.07) is 21.6. The number of methoxy groups -OCH3 is 3. The highest BCUT2D eigenvalue weighted by atomic mass is 16.5. The third-order valence-corrected chi connectivity index (χ3v) is 6.25. The predicted octanol–water partition coefficient (Wildman–Crippen LogP) is 4.34. The number of hydrogen-bond acceptors (Lipinski definition) is 5. The summed E-state index contributed by atoms with van der Waals surface area (Å²) in [5.41, 5.74) is 2.75. The van der Waals surface area contributed by atoms with Gasteiger partial charge in [-0.1, -0.05) is 30.3 Å². The number of fused-ring (bicyclic) bond motifs is 1. The van der Waals surface area contributed by atoms with Crippen LogP contribution in [0.4, 0.5) is 5.69 Å². The van der Waals surface area contributed by atoms with E-state index in [2.05, 4.69) is 5.32 Å². The van der Waals surface area contributed by atoms with Crippen LogP contribution in [0.15, 0.2) is 72.8 Å². The van der Waals surface area contributed by atoms with Crippen molar-refractivity contribution in [3.05, 3.63) is 89.5 Å². The maximum atomic E-state index is 13.9. The number of amides is 2. The standard InChI is InChI=1S/C28H30N2O5/c1-33-18-6-17-29-27(31)25-23-7-4-5-8-24(23)28(32)30(20-11-15-22(35-3)16-12-20)26(25)19-9-13-21(34-2)14-10-19/h4-5,7-16,25-26H,6,17-18H2,1-3H3,(H,29,31)/t25-,26-/m1/s1. The van der Waals surface area contributed by atoms with Crippen LogP contribution in [0, 0.1) is 0 Å². The molecule has 0 radical (unpaired) electrons. The molecule has 4 rings (SSSR count). The molecule has 0 bridgehead atoms. The number of benzene rings is 3. The van der Waals surface area contributed by atoms with E-state index in [1.54, 1.807) is 32.3 Å². The van der Waals surface area contributed by atoms with Crippen molar-refractivity contribution in [1.29, 1.82) is 0 Å². The molecule has 3 aromatic carbocycles. The molecule has 35 heavy (non-hydrogen) atoms. The Morgan fingerprint density at radius 2 is 1.51 bits per heavy atom. The first-order valence-corrected chi connectivity index (χ1v) is 11.6. The van der Waals surface area contributed by atoms with E-state index in [-0.39, 0.29) is 11.8 Å². The number of rotatable bonds is 9. The minimum atomic E-state index is -0.609. The molecule has 1 aliphatic rings. The van der Waals surface area contributed by atoms with Crippen LogP contribution >= 0.6 is 0 Å². The van der Waals surface area contributed by atoms with Crippen LogP contribution in [0.3, 0.4) is 0 Å². The summed E-state index contributed by atoms with van der Waals surface area (Å²) >= 11 is 0. The molecule has 7 heteroatoms. The fourth-order valence-corrected chi connectivity index (χ4v) is 4.52. The van der Waals surface area contributed by atoms with Crippen LogP contribution < -0.4 is 19.7 Å². The average molecular weight is 475 g/mol. The van der Waals surface area contributed by atoms with Gasteiger partial charge < -0.3 is 19.5 Å². The lowest BCUT2D eigenvalue weighted by Gasteiger charge is -2.42. The van der Waals surface area contributed by atoms with E-state index in [1.807, 2.05) is 66.7 Å². The highest BCUT2D eigenvalue weighted by Gasteiger charge is 2.44. The summed E-state index contributed by atoms with van der Waals surface area (Å²) in [6.07, 6.45) is 0.699.